The number of para-hydroxylation sites is 2. The number of fused-ring (bicyclic) bond motifs is 3. The number of benzene rings is 2. The highest BCUT2D eigenvalue weighted by Crippen LogP contribution is 2.32. The van der Waals surface area contributed by atoms with Gasteiger partial charge in [0.05, 0.1) is 11.0 Å². The van der Waals surface area contributed by atoms with Crippen LogP contribution in [0.4, 0.5) is 0 Å². The Balaban J connectivity index is 2.46. The zero-order valence-corrected chi connectivity index (χ0v) is 12.5. The van der Waals surface area contributed by atoms with Gasteiger partial charge in [-0.3, -0.25) is 0 Å². The van der Waals surface area contributed by atoms with Crippen molar-refractivity contribution in [2.24, 2.45) is 0 Å². The van der Waals surface area contributed by atoms with Gasteiger partial charge in [0, 0.05) is 16.5 Å². The van der Waals surface area contributed by atoms with Crippen LogP contribution in [0, 0.1) is 0 Å². The molecule has 0 spiro atoms. The maximum absolute atomic E-state index is 3.86. The van der Waals surface area contributed by atoms with Crippen LogP contribution < -0.4 is 0 Å². The van der Waals surface area contributed by atoms with E-state index in [0.29, 0.717) is 0 Å². The molecule has 3 aromatic rings. The highest BCUT2D eigenvalue weighted by Gasteiger charge is 2.11. The van der Waals surface area contributed by atoms with Gasteiger partial charge in [-0.1, -0.05) is 54.6 Å². The maximum atomic E-state index is 3.86. The predicted octanol–water partition coefficient (Wildman–Crippen LogP) is 5.79. The normalized spacial score (nSPS) is 11.8. The van der Waals surface area contributed by atoms with Crippen molar-refractivity contribution in [2.45, 2.75) is 13.8 Å². The summed E-state index contributed by atoms with van der Waals surface area (Å²) < 4.78 is 2.30. The van der Waals surface area contributed by atoms with Crippen molar-refractivity contribution in [1.29, 1.82) is 0 Å². The average Bonchev–Trinajstić information content (AvgIpc) is 2.81. The SMILES string of the molecule is C=C/C=C(\C=C(C)C)n1c2ccccc2c2ccccc21. The van der Waals surface area contributed by atoms with E-state index in [1.54, 1.807) is 0 Å². The van der Waals surface area contributed by atoms with E-state index in [0.717, 1.165) is 5.70 Å². The minimum Gasteiger partial charge on any atom is -0.309 e. The summed E-state index contributed by atoms with van der Waals surface area (Å²) in [6.07, 6.45) is 6.10. The van der Waals surface area contributed by atoms with Gasteiger partial charge in [-0.25, -0.2) is 0 Å². The molecule has 0 atom stereocenters. The van der Waals surface area contributed by atoms with Crippen molar-refractivity contribution in [3.05, 3.63) is 78.9 Å². The van der Waals surface area contributed by atoms with E-state index in [2.05, 4.69) is 85.7 Å². The molecule has 21 heavy (non-hydrogen) atoms. The van der Waals surface area contributed by atoms with Crippen LogP contribution in [0.1, 0.15) is 13.8 Å². The third-order valence-corrected chi connectivity index (χ3v) is 3.56. The lowest BCUT2D eigenvalue weighted by atomic mass is 10.2. The molecule has 0 radical (unpaired) electrons. The van der Waals surface area contributed by atoms with Crippen LogP contribution in [0.15, 0.2) is 78.9 Å². The smallest absolute Gasteiger partial charge is 0.0541 e. The van der Waals surface area contributed by atoms with E-state index in [-0.39, 0.29) is 0 Å². The Morgan fingerprint density at radius 3 is 1.90 bits per heavy atom. The minimum absolute atomic E-state index is 1.14. The summed E-state index contributed by atoms with van der Waals surface area (Å²) >= 11 is 0. The van der Waals surface area contributed by atoms with Gasteiger partial charge in [0.1, 0.15) is 0 Å². The monoisotopic (exact) mass is 273 g/mol. The topological polar surface area (TPSA) is 4.93 Å². The second-order valence-corrected chi connectivity index (χ2v) is 5.42. The van der Waals surface area contributed by atoms with Crippen LogP contribution in [-0.2, 0) is 0 Å². The molecular formula is C20H19N. The fraction of sp³-hybridized carbons (Fsp3) is 0.100. The zero-order chi connectivity index (χ0) is 14.8. The van der Waals surface area contributed by atoms with E-state index in [1.807, 2.05) is 6.08 Å². The molecule has 1 heteroatoms. The molecule has 1 nitrogen and oxygen atoms in total. The van der Waals surface area contributed by atoms with Crippen LogP contribution in [0.3, 0.4) is 0 Å². The molecule has 1 heterocycles. The number of allylic oxidation sites excluding steroid dienone is 5. The number of aromatic nitrogens is 1. The molecule has 0 aliphatic carbocycles. The van der Waals surface area contributed by atoms with Gasteiger partial charge in [0.2, 0.25) is 0 Å². The lowest BCUT2D eigenvalue weighted by molar-refractivity contribution is 1.22. The lowest BCUT2D eigenvalue weighted by Gasteiger charge is -2.09. The van der Waals surface area contributed by atoms with Crippen LogP contribution in [-0.4, -0.2) is 4.57 Å². The van der Waals surface area contributed by atoms with E-state index >= 15 is 0 Å². The summed E-state index contributed by atoms with van der Waals surface area (Å²) in [4.78, 5) is 0. The van der Waals surface area contributed by atoms with Crippen molar-refractivity contribution in [2.75, 3.05) is 0 Å². The fourth-order valence-electron chi connectivity index (χ4n) is 2.80. The van der Waals surface area contributed by atoms with Crippen LogP contribution >= 0.6 is 0 Å². The van der Waals surface area contributed by atoms with Gasteiger partial charge in [0.25, 0.3) is 0 Å². The molecule has 0 saturated heterocycles. The van der Waals surface area contributed by atoms with E-state index in [9.17, 15) is 0 Å². The summed E-state index contributed by atoms with van der Waals surface area (Å²) in [7, 11) is 0. The predicted molar refractivity (Wildman–Crippen MR) is 93.3 cm³/mol. The molecule has 0 saturated carbocycles. The van der Waals surface area contributed by atoms with Gasteiger partial charge in [0.15, 0.2) is 0 Å². The van der Waals surface area contributed by atoms with Gasteiger partial charge >= 0.3 is 0 Å². The largest absolute Gasteiger partial charge is 0.309 e. The van der Waals surface area contributed by atoms with Crippen LogP contribution in [0.2, 0.25) is 0 Å². The molecule has 0 aliphatic heterocycles. The number of rotatable bonds is 3. The number of hydrogen-bond acceptors (Lipinski definition) is 0. The standard InChI is InChI=1S/C20H19N/c1-4-9-16(14-15(2)3)21-19-12-7-5-10-17(19)18-11-6-8-13-20(18)21/h4-14H,1H2,2-3H3/b16-9+. The minimum atomic E-state index is 1.14. The first-order valence-corrected chi connectivity index (χ1v) is 7.18. The second kappa shape index (κ2) is 5.45. The van der Waals surface area contributed by atoms with E-state index in [1.165, 1.54) is 27.4 Å². The molecular weight excluding hydrogens is 254 g/mol. The average molecular weight is 273 g/mol. The van der Waals surface area contributed by atoms with Crippen molar-refractivity contribution < 1.29 is 0 Å². The highest BCUT2D eigenvalue weighted by atomic mass is 15.0. The highest BCUT2D eigenvalue weighted by molar-refractivity contribution is 6.10. The van der Waals surface area contributed by atoms with Crippen molar-refractivity contribution in [3.8, 4) is 0 Å². The van der Waals surface area contributed by atoms with E-state index < -0.39 is 0 Å². The maximum Gasteiger partial charge on any atom is 0.0541 e. The Morgan fingerprint density at radius 2 is 1.43 bits per heavy atom. The van der Waals surface area contributed by atoms with Crippen LogP contribution in [0.25, 0.3) is 27.5 Å². The fourth-order valence-corrected chi connectivity index (χ4v) is 2.80. The van der Waals surface area contributed by atoms with Gasteiger partial charge in [-0.15, -0.1) is 0 Å². The van der Waals surface area contributed by atoms with Crippen molar-refractivity contribution in [3.63, 3.8) is 0 Å². The number of hydrogen-bond donors (Lipinski definition) is 0. The molecule has 104 valence electrons. The molecule has 0 fully saturated rings. The molecule has 0 unspecified atom stereocenters. The van der Waals surface area contributed by atoms with Crippen LogP contribution in [0.5, 0.6) is 0 Å². The zero-order valence-electron chi connectivity index (χ0n) is 12.5. The Labute approximate surface area is 125 Å². The Hall–Kier alpha value is -2.54. The quantitative estimate of drug-likeness (QED) is 0.532. The number of nitrogens with zero attached hydrogens (tertiary/aromatic N) is 1. The second-order valence-electron chi connectivity index (χ2n) is 5.42. The first-order valence-electron chi connectivity index (χ1n) is 7.18. The molecule has 0 bridgehead atoms. The molecule has 2 aromatic carbocycles. The molecule has 0 amide bonds. The third-order valence-electron chi connectivity index (χ3n) is 3.56. The van der Waals surface area contributed by atoms with Gasteiger partial charge < -0.3 is 4.57 Å². The summed E-state index contributed by atoms with van der Waals surface area (Å²) in [6.45, 7) is 8.09. The van der Waals surface area contributed by atoms with Crippen molar-refractivity contribution >= 4 is 27.5 Å². The summed E-state index contributed by atoms with van der Waals surface area (Å²) in [5.74, 6) is 0. The summed E-state index contributed by atoms with van der Waals surface area (Å²) in [5, 5.41) is 2.57. The molecule has 3 rings (SSSR count). The van der Waals surface area contributed by atoms with Gasteiger partial charge in [-0.05, 0) is 38.1 Å². The van der Waals surface area contributed by atoms with Gasteiger partial charge in [-0.2, -0.15) is 0 Å². The molecule has 1 aromatic heterocycles. The first kappa shape index (κ1) is 13.4. The molecule has 0 aliphatic rings. The Bertz CT molecular complexity index is 818. The molecule has 0 N–H and O–H groups in total. The first-order chi connectivity index (χ1) is 10.2. The third kappa shape index (κ3) is 2.31. The Kier molecular flexibility index (Phi) is 3.49. The van der Waals surface area contributed by atoms with E-state index in [4.69, 9.17) is 0 Å². The summed E-state index contributed by atoms with van der Waals surface area (Å²) in [5.41, 5.74) is 4.86. The lowest BCUT2D eigenvalue weighted by Crippen LogP contribution is -1.94. The Morgan fingerprint density at radius 1 is 0.905 bits per heavy atom. The summed E-state index contributed by atoms with van der Waals surface area (Å²) in [6, 6.07) is 17.1. The van der Waals surface area contributed by atoms with Crippen molar-refractivity contribution in [1.82, 2.24) is 4.57 Å².